The smallest absolute Gasteiger partial charge is 0.258 e. The average molecular weight is 236 g/mol. The fourth-order valence-corrected chi connectivity index (χ4v) is 1.98. The van der Waals surface area contributed by atoms with Crippen molar-refractivity contribution < 1.29 is 15.0 Å². The molecular weight excluding hydrogens is 220 g/mol. The summed E-state index contributed by atoms with van der Waals surface area (Å²) in [7, 11) is 0. The molecule has 0 radical (unpaired) electrons. The standard InChI is InChI=1S/C12H16N2O3/c15-9-2-1-3-10(16)11(9)12(17)14-7-8-4-5-13-6-8/h1-3,8,13,15-16H,4-7H2,(H,14,17). The monoisotopic (exact) mass is 236 g/mol. The number of phenols is 2. The van der Waals surface area contributed by atoms with E-state index in [1.54, 1.807) is 0 Å². The van der Waals surface area contributed by atoms with Crippen molar-refractivity contribution in [3.8, 4) is 11.5 Å². The second kappa shape index (κ2) is 5.05. The molecule has 5 nitrogen and oxygen atoms in total. The van der Waals surface area contributed by atoms with Crippen molar-refractivity contribution in [1.29, 1.82) is 0 Å². The van der Waals surface area contributed by atoms with E-state index in [9.17, 15) is 15.0 Å². The molecule has 1 atom stereocenters. The van der Waals surface area contributed by atoms with Crippen LogP contribution in [-0.2, 0) is 0 Å². The first kappa shape index (κ1) is 11.7. The number of nitrogens with one attached hydrogen (secondary N) is 2. The molecule has 1 amide bonds. The Morgan fingerprint density at radius 2 is 2.12 bits per heavy atom. The summed E-state index contributed by atoms with van der Waals surface area (Å²) in [6, 6.07) is 4.25. The largest absolute Gasteiger partial charge is 0.507 e. The van der Waals surface area contributed by atoms with Crippen molar-refractivity contribution in [3.63, 3.8) is 0 Å². The number of hydrogen-bond donors (Lipinski definition) is 4. The summed E-state index contributed by atoms with van der Waals surface area (Å²) in [4.78, 5) is 11.8. The van der Waals surface area contributed by atoms with Gasteiger partial charge in [-0.1, -0.05) is 6.07 Å². The molecule has 1 aliphatic heterocycles. The van der Waals surface area contributed by atoms with Gasteiger partial charge in [-0.3, -0.25) is 4.79 Å². The lowest BCUT2D eigenvalue weighted by Crippen LogP contribution is -2.30. The average Bonchev–Trinajstić information content (AvgIpc) is 2.79. The first-order valence-corrected chi connectivity index (χ1v) is 5.68. The molecule has 1 unspecified atom stereocenters. The molecule has 1 aromatic carbocycles. The van der Waals surface area contributed by atoms with Crippen molar-refractivity contribution in [2.45, 2.75) is 6.42 Å². The van der Waals surface area contributed by atoms with Crippen molar-refractivity contribution in [3.05, 3.63) is 23.8 Å². The van der Waals surface area contributed by atoms with E-state index in [0.29, 0.717) is 12.5 Å². The van der Waals surface area contributed by atoms with Crippen molar-refractivity contribution >= 4 is 5.91 Å². The topological polar surface area (TPSA) is 81.6 Å². The summed E-state index contributed by atoms with van der Waals surface area (Å²) >= 11 is 0. The van der Waals surface area contributed by atoms with Gasteiger partial charge in [-0.2, -0.15) is 0 Å². The molecule has 2 rings (SSSR count). The predicted octanol–water partition coefficient (Wildman–Crippen LogP) is 0.437. The van der Waals surface area contributed by atoms with Gasteiger partial charge < -0.3 is 20.8 Å². The Balaban J connectivity index is 1.99. The van der Waals surface area contributed by atoms with Crippen LogP contribution in [0.5, 0.6) is 11.5 Å². The number of phenolic OH excluding ortho intramolecular Hbond substituents is 2. The van der Waals surface area contributed by atoms with Crippen molar-refractivity contribution in [2.24, 2.45) is 5.92 Å². The highest BCUT2D eigenvalue weighted by Crippen LogP contribution is 2.25. The van der Waals surface area contributed by atoms with Gasteiger partial charge in [0.25, 0.3) is 5.91 Å². The van der Waals surface area contributed by atoms with Crippen LogP contribution in [0.1, 0.15) is 16.8 Å². The van der Waals surface area contributed by atoms with Crippen LogP contribution in [0.3, 0.4) is 0 Å². The highest BCUT2D eigenvalue weighted by molar-refractivity contribution is 5.99. The van der Waals surface area contributed by atoms with Gasteiger partial charge in [0.15, 0.2) is 0 Å². The van der Waals surface area contributed by atoms with Crippen LogP contribution in [-0.4, -0.2) is 35.8 Å². The van der Waals surface area contributed by atoms with Gasteiger partial charge in [-0.25, -0.2) is 0 Å². The summed E-state index contributed by atoms with van der Waals surface area (Å²) < 4.78 is 0. The number of amides is 1. The summed E-state index contributed by atoms with van der Waals surface area (Å²) in [5.74, 6) is -0.418. The molecule has 0 aromatic heterocycles. The first-order chi connectivity index (χ1) is 8.18. The van der Waals surface area contributed by atoms with Gasteiger partial charge in [0, 0.05) is 6.54 Å². The van der Waals surface area contributed by atoms with E-state index in [1.807, 2.05) is 0 Å². The third-order valence-corrected chi connectivity index (χ3v) is 2.96. The molecule has 92 valence electrons. The lowest BCUT2D eigenvalue weighted by Gasteiger charge is -2.11. The Kier molecular flexibility index (Phi) is 3.49. The first-order valence-electron chi connectivity index (χ1n) is 5.68. The predicted molar refractivity (Wildman–Crippen MR) is 63.1 cm³/mol. The number of carbonyl (C=O) groups excluding carboxylic acids is 1. The van der Waals surface area contributed by atoms with E-state index in [-0.39, 0.29) is 17.1 Å². The lowest BCUT2D eigenvalue weighted by atomic mass is 10.1. The molecule has 0 aliphatic carbocycles. The van der Waals surface area contributed by atoms with E-state index >= 15 is 0 Å². The maximum absolute atomic E-state index is 11.8. The van der Waals surface area contributed by atoms with Crippen LogP contribution in [0.15, 0.2) is 18.2 Å². The molecule has 4 N–H and O–H groups in total. The van der Waals surface area contributed by atoms with Crippen LogP contribution in [0, 0.1) is 5.92 Å². The van der Waals surface area contributed by atoms with Crippen LogP contribution in [0.4, 0.5) is 0 Å². The van der Waals surface area contributed by atoms with Crippen LogP contribution >= 0.6 is 0 Å². The molecule has 0 spiro atoms. The van der Waals surface area contributed by atoms with Crippen molar-refractivity contribution in [2.75, 3.05) is 19.6 Å². The lowest BCUT2D eigenvalue weighted by molar-refractivity contribution is 0.0942. The van der Waals surface area contributed by atoms with E-state index in [2.05, 4.69) is 10.6 Å². The van der Waals surface area contributed by atoms with Gasteiger partial charge >= 0.3 is 0 Å². The molecule has 1 fully saturated rings. The third kappa shape index (κ3) is 2.68. The molecule has 0 bridgehead atoms. The minimum absolute atomic E-state index is 0.0570. The van der Waals surface area contributed by atoms with Gasteiger partial charge in [0.2, 0.25) is 0 Å². The molecule has 1 saturated heterocycles. The highest BCUT2D eigenvalue weighted by atomic mass is 16.3. The van der Waals surface area contributed by atoms with Crippen LogP contribution in [0.2, 0.25) is 0 Å². The zero-order valence-corrected chi connectivity index (χ0v) is 9.44. The van der Waals surface area contributed by atoms with E-state index in [1.165, 1.54) is 18.2 Å². The van der Waals surface area contributed by atoms with E-state index < -0.39 is 5.91 Å². The molecule has 1 heterocycles. The number of aromatic hydroxyl groups is 2. The summed E-state index contributed by atoms with van der Waals surface area (Å²) in [5, 5.41) is 25.0. The number of benzene rings is 1. The van der Waals surface area contributed by atoms with Gasteiger partial charge in [0.1, 0.15) is 17.1 Å². The molecule has 0 saturated carbocycles. The third-order valence-electron chi connectivity index (χ3n) is 2.96. The van der Waals surface area contributed by atoms with Gasteiger partial charge in [-0.15, -0.1) is 0 Å². The minimum atomic E-state index is -0.437. The molecule has 1 aliphatic rings. The molecule has 17 heavy (non-hydrogen) atoms. The Bertz CT molecular complexity index is 394. The quantitative estimate of drug-likeness (QED) is 0.613. The van der Waals surface area contributed by atoms with E-state index in [4.69, 9.17) is 0 Å². The minimum Gasteiger partial charge on any atom is -0.507 e. The normalized spacial score (nSPS) is 19.2. The molecule has 1 aromatic rings. The zero-order valence-electron chi connectivity index (χ0n) is 9.44. The molecule has 5 heteroatoms. The van der Waals surface area contributed by atoms with Crippen LogP contribution in [0.25, 0.3) is 0 Å². The summed E-state index contributed by atoms with van der Waals surface area (Å²) in [5.41, 5.74) is -0.0570. The fourth-order valence-electron chi connectivity index (χ4n) is 1.98. The Morgan fingerprint density at radius 3 is 2.71 bits per heavy atom. The summed E-state index contributed by atoms with van der Waals surface area (Å²) in [6.45, 7) is 2.43. The van der Waals surface area contributed by atoms with Gasteiger partial charge in [-0.05, 0) is 37.6 Å². The highest BCUT2D eigenvalue weighted by Gasteiger charge is 2.19. The fraction of sp³-hybridized carbons (Fsp3) is 0.417. The second-order valence-electron chi connectivity index (χ2n) is 4.24. The molecular formula is C12H16N2O3. The maximum Gasteiger partial charge on any atom is 0.258 e. The van der Waals surface area contributed by atoms with Gasteiger partial charge in [0.05, 0.1) is 0 Å². The number of carbonyl (C=O) groups is 1. The zero-order chi connectivity index (χ0) is 12.3. The second-order valence-corrected chi connectivity index (χ2v) is 4.24. The summed E-state index contributed by atoms with van der Waals surface area (Å²) in [6.07, 6.45) is 1.03. The van der Waals surface area contributed by atoms with E-state index in [0.717, 1.165) is 19.5 Å². The van der Waals surface area contributed by atoms with Crippen molar-refractivity contribution in [1.82, 2.24) is 10.6 Å². The Labute approximate surface area is 99.5 Å². The number of rotatable bonds is 3. The SMILES string of the molecule is O=C(NCC1CCNC1)c1c(O)cccc1O. The maximum atomic E-state index is 11.8. The number of hydrogen-bond acceptors (Lipinski definition) is 4. The van der Waals surface area contributed by atoms with Crippen LogP contribution < -0.4 is 10.6 Å². The Hall–Kier alpha value is -1.75. The Morgan fingerprint density at radius 1 is 1.41 bits per heavy atom.